The van der Waals surface area contributed by atoms with E-state index in [9.17, 15) is 4.79 Å². The molecular weight excluding hydrogens is 280 g/mol. The predicted octanol–water partition coefficient (Wildman–Crippen LogP) is 3.32. The van der Waals surface area contributed by atoms with E-state index in [0.29, 0.717) is 5.65 Å². The molecule has 0 spiro atoms. The number of carbonyl (C=O) groups is 1. The van der Waals surface area contributed by atoms with Gasteiger partial charge in [-0.15, -0.1) is 0 Å². The molecule has 1 aromatic carbocycles. The molecule has 0 fully saturated rings. The zero-order valence-electron chi connectivity index (χ0n) is 12.6. The summed E-state index contributed by atoms with van der Waals surface area (Å²) in [6.45, 7) is 4.02. The Morgan fingerprint density at radius 2 is 2.00 bits per heavy atom. The lowest BCUT2D eigenvalue weighted by Gasteiger charge is -2.10. The maximum absolute atomic E-state index is 11.1. The molecule has 5 nitrogen and oxygen atoms in total. The van der Waals surface area contributed by atoms with Crippen LogP contribution in [0.1, 0.15) is 21.5 Å². The van der Waals surface area contributed by atoms with E-state index in [0.717, 1.165) is 28.1 Å². The smallest absolute Gasteiger partial charge is 0.337 e. The average Bonchev–Trinajstić information content (AvgIpc) is 2.89. The van der Waals surface area contributed by atoms with Gasteiger partial charge in [-0.05, 0) is 43.2 Å². The summed E-state index contributed by atoms with van der Waals surface area (Å²) in [5.74, 6) is -0.173. The molecule has 5 heteroatoms. The van der Waals surface area contributed by atoms with Crippen molar-refractivity contribution in [3.05, 3.63) is 53.3 Å². The molecule has 22 heavy (non-hydrogen) atoms. The Morgan fingerprint density at radius 3 is 2.68 bits per heavy atom. The lowest BCUT2D eigenvalue weighted by atomic mass is 10.0. The SMILES string of the molecule is COc1c(C)cc(C)cc1-c1cn2cc(C(=O)O)ccc2n1. The van der Waals surface area contributed by atoms with Crippen LogP contribution in [-0.4, -0.2) is 27.6 Å². The van der Waals surface area contributed by atoms with Crippen molar-refractivity contribution in [2.45, 2.75) is 13.8 Å². The number of ether oxygens (including phenoxy) is 1. The molecule has 0 amide bonds. The molecule has 3 rings (SSSR count). The first-order chi connectivity index (χ1) is 10.5. The van der Waals surface area contributed by atoms with Crippen molar-refractivity contribution >= 4 is 11.6 Å². The molecule has 0 aliphatic rings. The Hall–Kier alpha value is -2.82. The van der Waals surface area contributed by atoms with Gasteiger partial charge < -0.3 is 14.2 Å². The molecule has 2 aromatic heterocycles. The third kappa shape index (κ3) is 2.30. The monoisotopic (exact) mass is 296 g/mol. The van der Waals surface area contributed by atoms with E-state index >= 15 is 0 Å². The third-order valence-electron chi connectivity index (χ3n) is 3.60. The number of carboxylic acids is 1. The van der Waals surface area contributed by atoms with Crippen LogP contribution in [0.3, 0.4) is 0 Å². The number of imidazole rings is 1. The van der Waals surface area contributed by atoms with E-state index in [1.807, 2.05) is 26.1 Å². The maximum Gasteiger partial charge on any atom is 0.337 e. The van der Waals surface area contributed by atoms with Gasteiger partial charge in [-0.25, -0.2) is 9.78 Å². The molecule has 0 radical (unpaired) electrons. The minimum Gasteiger partial charge on any atom is -0.496 e. The highest BCUT2D eigenvalue weighted by Gasteiger charge is 2.14. The topological polar surface area (TPSA) is 63.8 Å². The Morgan fingerprint density at radius 1 is 1.23 bits per heavy atom. The molecule has 1 N–H and O–H groups in total. The lowest BCUT2D eigenvalue weighted by molar-refractivity contribution is 0.0696. The highest BCUT2D eigenvalue weighted by atomic mass is 16.5. The Labute approximate surface area is 127 Å². The number of fused-ring (bicyclic) bond motifs is 1. The van der Waals surface area contributed by atoms with Gasteiger partial charge in [-0.2, -0.15) is 0 Å². The van der Waals surface area contributed by atoms with Gasteiger partial charge >= 0.3 is 5.97 Å². The van der Waals surface area contributed by atoms with Gasteiger partial charge in [-0.3, -0.25) is 0 Å². The van der Waals surface area contributed by atoms with Crippen LogP contribution in [0.25, 0.3) is 16.9 Å². The van der Waals surface area contributed by atoms with E-state index in [-0.39, 0.29) is 5.56 Å². The standard InChI is InChI=1S/C17H16N2O3/c1-10-6-11(2)16(22-3)13(7-10)14-9-19-8-12(17(20)21)4-5-15(19)18-14/h4-9H,1-3H3,(H,20,21). The van der Waals surface area contributed by atoms with Crippen LogP contribution in [0.2, 0.25) is 0 Å². The summed E-state index contributed by atoms with van der Waals surface area (Å²) in [7, 11) is 1.64. The van der Waals surface area contributed by atoms with Crippen molar-refractivity contribution < 1.29 is 14.6 Å². The third-order valence-corrected chi connectivity index (χ3v) is 3.60. The first kappa shape index (κ1) is 14.1. The van der Waals surface area contributed by atoms with Crippen molar-refractivity contribution in [1.29, 1.82) is 0 Å². The number of rotatable bonds is 3. The van der Waals surface area contributed by atoms with E-state index in [2.05, 4.69) is 11.1 Å². The lowest BCUT2D eigenvalue weighted by Crippen LogP contribution is -1.97. The molecule has 112 valence electrons. The highest BCUT2D eigenvalue weighted by molar-refractivity contribution is 5.87. The molecule has 0 aliphatic heterocycles. The predicted molar refractivity (Wildman–Crippen MR) is 83.6 cm³/mol. The fourth-order valence-electron chi connectivity index (χ4n) is 2.66. The van der Waals surface area contributed by atoms with Gasteiger partial charge in [0.2, 0.25) is 0 Å². The normalized spacial score (nSPS) is 10.9. The largest absolute Gasteiger partial charge is 0.496 e. The van der Waals surface area contributed by atoms with Crippen LogP contribution in [0, 0.1) is 13.8 Å². The second-order valence-corrected chi connectivity index (χ2v) is 5.28. The Bertz CT molecular complexity index is 881. The number of aryl methyl sites for hydroxylation is 2. The summed E-state index contributed by atoms with van der Waals surface area (Å²) in [5.41, 5.74) is 4.74. The number of aromatic nitrogens is 2. The number of methoxy groups -OCH3 is 1. The van der Waals surface area contributed by atoms with Crippen LogP contribution in [0.15, 0.2) is 36.7 Å². The van der Waals surface area contributed by atoms with Crippen LogP contribution in [0.4, 0.5) is 0 Å². The van der Waals surface area contributed by atoms with Gasteiger partial charge in [0.1, 0.15) is 11.4 Å². The van der Waals surface area contributed by atoms with Crippen LogP contribution < -0.4 is 4.74 Å². The first-order valence-corrected chi connectivity index (χ1v) is 6.87. The summed E-state index contributed by atoms with van der Waals surface area (Å²) in [6, 6.07) is 7.32. The van der Waals surface area contributed by atoms with Crippen LogP contribution in [-0.2, 0) is 0 Å². The highest BCUT2D eigenvalue weighted by Crippen LogP contribution is 2.33. The average molecular weight is 296 g/mol. The number of benzene rings is 1. The Kier molecular flexibility index (Phi) is 3.33. The summed E-state index contributed by atoms with van der Waals surface area (Å²) < 4.78 is 7.22. The summed E-state index contributed by atoms with van der Waals surface area (Å²) >= 11 is 0. The maximum atomic E-state index is 11.1. The van der Waals surface area contributed by atoms with Gasteiger partial charge in [0, 0.05) is 18.0 Å². The zero-order chi connectivity index (χ0) is 15.9. The molecule has 0 saturated carbocycles. The summed E-state index contributed by atoms with van der Waals surface area (Å²) in [5, 5.41) is 9.07. The molecule has 3 aromatic rings. The van der Waals surface area contributed by atoms with Crippen molar-refractivity contribution in [2.24, 2.45) is 0 Å². The first-order valence-electron chi connectivity index (χ1n) is 6.87. The number of aromatic carboxylic acids is 1. The fourth-order valence-corrected chi connectivity index (χ4v) is 2.66. The zero-order valence-corrected chi connectivity index (χ0v) is 12.6. The van der Waals surface area contributed by atoms with E-state index in [1.165, 1.54) is 0 Å². The number of nitrogens with zero attached hydrogens (tertiary/aromatic N) is 2. The summed E-state index contributed by atoms with van der Waals surface area (Å²) in [6.07, 6.45) is 3.38. The van der Waals surface area contributed by atoms with Crippen molar-refractivity contribution in [3.8, 4) is 17.0 Å². The van der Waals surface area contributed by atoms with E-state index in [1.54, 1.807) is 29.8 Å². The number of pyridine rings is 1. The number of hydrogen-bond acceptors (Lipinski definition) is 3. The second kappa shape index (κ2) is 5.18. The molecule has 2 heterocycles. The molecular formula is C17H16N2O3. The Balaban J connectivity index is 2.20. The van der Waals surface area contributed by atoms with Crippen molar-refractivity contribution in [3.63, 3.8) is 0 Å². The molecule has 0 atom stereocenters. The number of carboxylic acid groups (broad SMARTS) is 1. The van der Waals surface area contributed by atoms with E-state index < -0.39 is 5.97 Å². The molecule has 0 aliphatic carbocycles. The summed E-state index contributed by atoms with van der Waals surface area (Å²) in [4.78, 5) is 15.6. The van der Waals surface area contributed by atoms with Gasteiger partial charge in [0.25, 0.3) is 0 Å². The number of hydrogen-bond donors (Lipinski definition) is 1. The van der Waals surface area contributed by atoms with Gasteiger partial charge in [-0.1, -0.05) is 6.07 Å². The fraction of sp³-hybridized carbons (Fsp3) is 0.176. The molecule has 0 unspecified atom stereocenters. The minimum atomic E-state index is -0.957. The molecule has 0 saturated heterocycles. The van der Waals surface area contributed by atoms with Gasteiger partial charge in [0.15, 0.2) is 0 Å². The minimum absolute atomic E-state index is 0.226. The second-order valence-electron chi connectivity index (χ2n) is 5.28. The van der Waals surface area contributed by atoms with Crippen molar-refractivity contribution in [1.82, 2.24) is 9.38 Å². The quantitative estimate of drug-likeness (QED) is 0.805. The molecule has 0 bridgehead atoms. The van der Waals surface area contributed by atoms with Gasteiger partial charge in [0.05, 0.1) is 18.4 Å². The van der Waals surface area contributed by atoms with Crippen LogP contribution >= 0.6 is 0 Å². The van der Waals surface area contributed by atoms with Crippen molar-refractivity contribution in [2.75, 3.05) is 7.11 Å². The van der Waals surface area contributed by atoms with Crippen LogP contribution in [0.5, 0.6) is 5.75 Å². The van der Waals surface area contributed by atoms with E-state index in [4.69, 9.17) is 9.84 Å².